The molecular weight excluding hydrogens is 369 g/mol. The van der Waals surface area contributed by atoms with Crippen LogP contribution in [0.3, 0.4) is 0 Å². The topological polar surface area (TPSA) is 46.4 Å². The Morgan fingerprint density at radius 2 is 1.69 bits per heavy atom. The Morgan fingerprint density at radius 3 is 2.35 bits per heavy atom. The lowest BCUT2D eigenvalue weighted by Gasteiger charge is -2.10. The predicted molar refractivity (Wildman–Crippen MR) is 107 cm³/mol. The lowest BCUT2D eigenvalue weighted by Crippen LogP contribution is -2.17. The monoisotopic (exact) mass is 385 g/mol. The van der Waals surface area contributed by atoms with Crippen molar-refractivity contribution >= 4 is 35.3 Å². The molecule has 1 amide bonds. The number of carbonyl (C=O) groups excluding carboxylic acids is 1. The van der Waals surface area contributed by atoms with Gasteiger partial charge in [-0.15, -0.1) is 0 Å². The largest absolute Gasteiger partial charge is 0.318 e. The number of nitrogens with zero attached hydrogens (tertiary/aromatic N) is 2. The van der Waals surface area contributed by atoms with Crippen LogP contribution in [-0.4, -0.2) is 16.7 Å². The van der Waals surface area contributed by atoms with Gasteiger partial charge in [-0.2, -0.15) is 5.10 Å². The Balaban J connectivity index is 1.83. The van der Waals surface area contributed by atoms with Crippen LogP contribution in [0, 0.1) is 13.8 Å². The van der Waals surface area contributed by atoms with E-state index in [9.17, 15) is 4.79 Å². The Bertz CT molecular complexity index is 958. The van der Waals surface area contributed by atoms with E-state index in [4.69, 9.17) is 23.2 Å². The molecule has 0 aliphatic heterocycles. The quantitative estimate of drug-likeness (QED) is 0.488. The normalized spacial score (nSPS) is 11.1. The minimum Gasteiger partial charge on any atom is -0.318 e. The van der Waals surface area contributed by atoms with Crippen molar-refractivity contribution in [1.82, 2.24) is 9.99 Å². The van der Waals surface area contributed by atoms with Gasteiger partial charge in [-0.3, -0.25) is 4.79 Å². The molecule has 132 valence electrons. The van der Waals surface area contributed by atoms with Gasteiger partial charge in [-0.05, 0) is 50.2 Å². The van der Waals surface area contributed by atoms with Crippen LogP contribution in [0.1, 0.15) is 27.3 Å². The number of hydrogen-bond acceptors (Lipinski definition) is 2. The molecular formula is C20H17Cl2N3O. The van der Waals surface area contributed by atoms with E-state index in [2.05, 4.69) is 10.5 Å². The number of benzene rings is 2. The van der Waals surface area contributed by atoms with E-state index in [0.717, 1.165) is 22.6 Å². The van der Waals surface area contributed by atoms with Gasteiger partial charge < -0.3 is 4.57 Å². The summed E-state index contributed by atoms with van der Waals surface area (Å²) in [4.78, 5) is 12.0. The molecule has 0 spiro atoms. The number of carbonyl (C=O) groups is 1. The number of hydrazone groups is 1. The Hall–Kier alpha value is -2.56. The molecule has 0 radical (unpaired) electrons. The second-order valence-electron chi connectivity index (χ2n) is 5.85. The molecule has 0 bridgehead atoms. The lowest BCUT2D eigenvalue weighted by atomic mass is 10.2. The second kappa shape index (κ2) is 7.77. The zero-order valence-corrected chi connectivity index (χ0v) is 15.8. The van der Waals surface area contributed by atoms with Crippen molar-refractivity contribution in [2.45, 2.75) is 13.8 Å². The average Bonchev–Trinajstić information content (AvgIpc) is 2.88. The first kappa shape index (κ1) is 18.2. The highest BCUT2D eigenvalue weighted by atomic mass is 35.5. The molecule has 0 unspecified atom stereocenters. The van der Waals surface area contributed by atoms with Gasteiger partial charge in [0.05, 0.1) is 6.21 Å². The van der Waals surface area contributed by atoms with Gasteiger partial charge >= 0.3 is 0 Å². The highest BCUT2D eigenvalue weighted by Crippen LogP contribution is 2.25. The molecule has 0 atom stereocenters. The maximum absolute atomic E-state index is 12.0. The molecule has 3 rings (SSSR count). The van der Waals surface area contributed by atoms with E-state index >= 15 is 0 Å². The van der Waals surface area contributed by atoms with Gasteiger partial charge in [0.15, 0.2) is 0 Å². The van der Waals surface area contributed by atoms with Crippen molar-refractivity contribution in [1.29, 1.82) is 0 Å². The molecule has 1 N–H and O–H groups in total. The van der Waals surface area contributed by atoms with Crippen molar-refractivity contribution in [3.05, 3.63) is 87.2 Å². The number of rotatable bonds is 4. The van der Waals surface area contributed by atoms with Crippen LogP contribution in [0.2, 0.25) is 10.0 Å². The molecule has 0 saturated heterocycles. The maximum atomic E-state index is 12.0. The molecule has 0 aliphatic carbocycles. The van der Waals surface area contributed by atoms with Crippen molar-refractivity contribution in [3.8, 4) is 5.69 Å². The molecule has 6 heteroatoms. The summed E-state index contributed by atoms with van der Waals surface area (Å²) in [6, 6.07) is 16.3. The predicted octanol–water partition coefficient (Wildman–Crippen LogP) is 5.16. The van der Waals surface area contributed by atoms with E-state index in [-0.39, 0.29) is 5.91 Å². The lowest BCUT2D eigenvalue weighted by molar-refractivity contribution is 0.0955. The summed E-state index contributed by atoms with van der Waals surface area (Å²) in [6.45, 7) is 3.96. The summed E-state index contributed by atoms with van der Waals surface area (Å²) >= 11 is 12.2. The van der Waals surface area contributed by atoms with Gasteiger partial charge in [0.2, 0.25) is 0 Å². The zero-order chi connectivity index (χ0) is 18.7. The first-order chi connectivity index (χ1) is 12.5. The summed E-state index contributed by atoms with van der Waals surface area (Å²) in [5.74, 6) is -0.253. The number of aryl methyl sites for hydroxylation is 1. The third-order valence-electron chi connectivity index (χ3n) is 3.98. The summed E-state index contributed by atoms with van der Waals surface area (Å²) in [5.41, 5.74) is 6.86. The highest BCUT2D eigenvalue weighted by molar-refractivity contribution is 6.34. The second-order valence-corrected chi connectivity index (χ2v) is 6.73. The Kier molecular flexibility index (Phi) is 5.45. The zero-order valence-electron chi connectivity index (χ0n) is 14.3. The average molecular weight is 386 g/mol. The summed E-state index contributed by atoms with van der Waals surface area (Å²) in [5, 5.41) is 5.22. The maximum Gasteiger partial charge on any atom is 0.271 e. The summed E-state index contributed by atoms with van der Waals surface area (Å²) in [7, 11) is 0. The standard InChI is InChI=1S/C20H17Cl2N3O/c1-13-8-16(12-23-24-20(26)15-6-4-3-5-7-15)14(2)25(13)19-10-17(21)9-18(22)11-19/h3-12H,1-2H3,(H,24,26)/b23-12-. The van der Waals surface area contributed by atoms with E-state index < -0.39 is 0 Å². The summed E-state index contributed by atoms with van der Waals surface area (Å²) in [6.07, 6.45) is 1.63. The molecule has 1 aromatic heterocycles. The van der Waals surface area contributed by atoms with Crippen molar-refractivity contribution < 1.29 is 4.79 Å². The van der Waals surface area contributed by atoms with Gasteiger partial charge in [0.25, 0.3) is 5.91 Å². The number of nitrogens with one attached hydrogen (secondary N) is 1. The molecule has 0 aliphatic rings. The van der Waals surface area contributed by atoms with Crippen LogP contribution in [0.15, 0.2) is 59.7 Å². The van der Waals surface area contributed by atoms with E-state index in [1.54, 1.807) is 24.4 Å². The van der Waals surface area contributed by atoms with Crippen LogP contribution in [0.5, 0.6) is 0 Å². The van der Waals surface area contributed by atoms with Gasteiger partial charge in [0, 0.05) is 38.2 Å². The number of hydrogen-bond donors (Lipinski definition) is 1. The highest BCUT2D eigenvalue weighted by Gasteiger charge is 2.11. The molecule has 26 heavy (non-hydrogen) atoms. The number of halogens is 2. The van der Waals surface area contributed by atoms with Crippen molar-refractivity contribution in [2.24, 2.45) is 5.10 Å². The van der Waals surface area contributed by atoms with Crippen molar-refractivity contribution in [3.63, 3.8) is 0 Å². The molecule has 2 aromatic carbocycles. The van der Waals surface area contributed by atoms with Gasteiger partial charge in [-0.1, -0.05) is 41.4 Å². The smallest absolute Gasteiger partial charge is 0.271 e. The van der Waals surface area contributed by atoms with Crippen molar-refractivity contribution in [2.75, 3.05) is 0 Å². The van der Waals surface area contributed by atoms with Crippen LogP contribution in [0.4, 0.5) is 0 Å². The molecule has 4 nitrogen and oxygen atoms in total. The fraction of sp³-hybridized carbons (Fsp3) is 0.100. The molecule has 0 saturated carbocycles. The van der Waals surface area contributed by atoms with Crippen LogP contribution < -0.4 is 5.43 Å². The number of aromatic nitrogens is 1. The fourth-order valence-corrected chi connectivity index (χ4v) is 3.31. The Labute approximate surface area is 162 Å². The first-order valence-corrected chi connectivity index (χ1v) is 8.75. The molecule has 3 aromatic rings. The number of amides is 1. The van der Waals surface area contributed by atoms with E-state index in [1.165, 1.54) is 0 Å². The van der Waals surface area contributed by atoms with Gasteiger partial charge in [0.1, 0.15) is 0 Å². The minimum absolute atomic E-state index is 0.253. The van der Waals surface area contributed by atoms with Gasteiger partial charge in [-0.25, -0.2) is 5.43 Å². The molecule has 0 fully saturated rings. The van der Waals surface area contributed by atoms with Crippen LogP contribution >= 0.6 is 23.2 Å². The summed E-state index contributed by atoms with van der Waals surface area (Å²) < 4.78 is 2.04. The van der Waals surface area contributed by atoms with Crippen LogP contribution in [-0.2, 0) is 0 Å². The minimum atomic E-state index is -0.253. The Morgan fingerprint density at radius 1 is 1.04 bits per heavy atom. The SMILES string of the molecule is Cc1cc(/C=N\NC(=O)c2ccccc2)c(C)n1-c1cc(Cl)cc(Cl)c1. The third-order valence-corrected chi connectivity index (χ3v) is 4.42. The fourth-order valence-electron chi connectivity index (χ4n) is 2.80. The first-order valence-electron chi connectivity index (χ1n) is 7.99. The van der Waals surface area contributed by atoms with Crippen LogP contribution in [0.25, 0.3) is 5.69 Å². The third kappa shape index (κ3) is 3.98. The molecule has 1 heterocycles. The van der Waals surface area contributed by atoms with E-state index in [1.807, 2.05) is 54.8 Å². The van der Waals surface area contributed by atoms with E-state index in [0.29, 0.717) is 15.6 Å².